The topological polar surface area (TPSA) is 12.9 Å². The van der Waals surface area contributed by atoms with Crippen molar-refractivity contribution in [2.45, 2.75) is 34.1 Å². The number of pyridine rings is 1. The van der Waals surface area contributed by atoms with Crippen molar-refractivity contribution in [3.63, 3.8) is 0 Å². The van der Waals surface area contributed by atoms with Crippen LogP contribution in [0.4, 0.5) is 0 Å². The van der Waals surface area contributed by atoms with Gasteiger partial charge in [0.15, 0.2) is 0 Å². The fourth-order valence-electron chi connectivity index (χ4n) is 3.38. The van der Waals surface area contributed by atoms with Gasteiger partial charge in [0.05, 0.1) is 5.69 Å². The highest BCUT2D eigenvalue weighted by molar-refractivity contribution is 5.87. The van der Waals surface area contributed by atoms with Crippen molar-refractivity contribution < 1.29 is 0 Å². The normalized spacial score (nSPS) is 24.1. The number of hydrogen-bond acceptors (Lipinski definition) is 1. The van der Waals surface area contributed by atoms with Gasteiger partial charge in [-0.05, 0) is 53.7 Å². The van der Waals surface area contributed by atoms with Gasteiger partial charge in [0, 0.05) is 11.6 Å². The molecule has 1 aliphatic carbocycles. The SMILES string of the molecule is CCC1(C)C(c2ccc(C)cn2)=CC(c2ccccc2)=CC1C. The average molecular weight is 303 g/mol. The largest absolute Gasteiger partial charge is 0.256 e. The Hall–Kier alpha value is -2.15. The summed E-state index contributed by atoms with van der Waals surface area (Å²) in [7, 11) is 0. The first-order chi connectivity index (χ1) is 11.0. The Morgan fingerprint density at radius 2 is 1.83 bits per heavy atom. The second-order valence-electron chi connectivity index (χ2n) is 6.83. The summed E-state index contributed by atoms with van der Waals surface area (Å²) in [5.74, 6) is 0.478. The molecule has 23 heavy (non-hydrogen) atoms. The van der Waals surface area contributed by atoms with Gasteiger partial charge >= 0.3 is 0 Å². The molecule has 3 rings (SSSR count). The minimum absolute atomic E-state index is 0.126. The molecule has 0 saturated heterocycles. The van der Waals surface area contributed by atoms with Gasteiger partial charge in [-0.2, -0.15) is 0 Å². The quantitative estimate of drug-likeness (QED) is 0.685. The van der Waals surface area contributed by atoms with Crippen LogP contribution in [0.2, 0.25) is 0 Å². The van der Waals surface area contributed by atoms with Crippen molar-refractivity contribution in [3.05, 3.63) is 77.6 Å². The predicted molar refractivity (Wildman–Crippen MR) is 98.9 cm³/mol. The van der Waals surface area contributed by atoms with Crippen molar-refractivity contribution in [3.8, 4) is 0 Å². The number of hydrogen-bond donors (Lipinski definition) is 0. The van der Waals surface area contributed by atoms with E-state index in [1.165, 1.54) is 22.3 Å². The second kappa shape index (κ2) is 6.16. The average Bonchev–Trinajstić information content (AvgIpc) is 2.59. The number of rotatable bonds is 3. The van der Waals surface area contributed by atoms with Gasteiger partial charge < -0.3 is 0 Å². The lowest BCUT2D eigenvalue weighted by molar-refractivity contribution is 0.330. The molecule has 2 aromatic rings. The van der Waals surface area contributed by atoms with E-state index in [2.05, 4.69) is 82.3 Å². The number of allylic oxidation sites excluding steroid dienone is 4. The molecule has 0 radical (unpaired) electrons. The van der Waals surface area contributed by atoms with Gasteiger partial charge in [-0.15, -0.1) is 0 Å². The summed E-state index contributed by atoms with van der Waals surface area (Å²) in [6.07, 6.45) is 7.83. The molecule has 0 N–H and O–H groups in total. The van der Waals surface area contributed by atoms with Gasteiger partial charge in [-0.1, -0.05) is 63.2 Å². The zero-order chi connectivity index (χ0) is 16.4. The molecule has 0 spiro atoms. The molecular formula is C22H25N. The fourth-order valence-corrected chi connectivity index (χ4v) is 3.38. The number of aromatic nitrogens is 1. The Labute approximate surface area is 139 Å². The van der Waals surface area contributed by atoms with E-state index >= 15 is 0 Å². The summed E-state index contributed by atoms with van der Waals surface area (Å²) in [6, 6.07) is 15.0. The van der Waals surface area contributed by atoms with Gasteiger partial charge in [-0.3, -0.25) is 4.98 Å². The van der Waals surface area contributed by atoms with Crippen LogP contribution in [0.1, 0.15) is 44.0 Å². The fraction of sp³-hybridized carbons (Fsp3) is 0.318. The molecule has 0 saturated carbocycles. The molecule has 1 aliphatic rings. The molecule has 1 aromatic heterocycles. The van der Waals surface area contributed by atoms with E-state index in [4.69, 9.17) is 4.98 Å². The minimum Gasteiger partial charge on any atom is -0.256 e. The molecule has 118 valence electrons. The van der Waals surface area contributed by atoms with Crippen LogP contribution in [0.5, 0.6) is 0 Å². The van der Waals surface area contributed by atoms with Gasteiger partial charge in [0.1, 0.15) is 0 Å². The number of benzene rings is 1. The van der Waals surface area contributed by atoms with E-state index < -0.39 is 0 Å². The Morgan fingerprint density at radius 3 is 2.43 bits per heavy atom. The molecule has 2 unspecified atom stereocenters. The van der Waals surface area contributed by atoms with E-state index in [0.717, 1.165) is 12.1 Å². The first-order valence-corrected chi connectivity index (χ1v) is 8.47. The molecule has 0 amide bonds. The van der Waals surface area contributed by atoms with Crippen LogP contribution < -0.4 is 0 Å². The molecular weight excluding hydrogens is 278 g/mol. The Morgan fingerprint density at radius 1 is 1.09 bits per heavy atom. The molecule has 0 bridgehead atoms. The van der Waals surface area contributed by atoms with Crippen LogP contribution in [0.3, 0.4) is 0 Å². The monoisotopic (exact) mass is 303 g/mol. The summed E-state index contributed by atoms with van der Waals surface area (Å²) < 4.78 is 0. The Balaban J connectivity index is 2.12. The standard InChI is InChI=1S/C22H25N/c1-5-22(4)17(3)13-19(18-9-7-6-8-10-18)14-20(22)21-12-11-16(2)15-23-21/h6-15,17H,5H2,1-4H3. The highest BCUT2D eigenvalue weighted by Crippen LogP contribution is 2.49. The van der Waals surface area contributed by atoms with E-state index in [0.29, 0.717) is 5.92 Å². The van der Waals surface area contributed by atoms with Gasteiger partial charge in [-0.25, -0.2) is 0 Å². The van der Waals surface area contributed by atoms with Gasteiger partial charge in [0.2, 0.25) is 0 Å². The third-order valence-corrected chi connectivity index (χ3v) is 5.38. The second-order valence-corrected chi connectivity index (χ2v) is 6.83. The van der Waals surface area contributed by atoms with E-state index in [1.807, 2.05) is 6.20 Å². The zero-order valence-electron chi connectivity index (χ0n) is 14.5. The van der Waals surface area contributed by atoms with Crippen LogP contribution in [0, 0.1) is 18.3 Å². The maximum atomic E-state index is 4.71. The zero-order valence-corrected chi connectivity index (χ0v) is 14.5. The van der Waals surface area contributed by atoms with Crippen LogP contribution in [0.15, 0.2) is 60.8 Å². The van der Waals surface area contributed by atoms with Crippen LogP contribution in [-0.2, 0) is 0 Å². The van der Waals surface area contributed by atoms with E-state index in [1.54, 1.807) is 0 Å². The molecule has 0 fully saturated rings. The molecule has 1 aromatic carbocycles. The van der Waals surface area contributed by atoms with E-state index in [-0.39, 0.29) is 5.41 Å². The lowest BCUT2D eigenvalue weighted by atomic mass is 9.65. The summed E-state index contributed by atoms with van der Waals surface area (Å²) in [5.41, 5.74) is 6.38. The summed E-state index contributed by atoms with van der Waals surface area (Å²) >= 11 is 0. The molecule has 2 atom stereocenters. The maximum Gasteiger partial charge on any atom is 0.0667 e. The lowest BCUT2D eigenvalue weighted by Gasteiger charge is -2.39. The van der Waals surface area contributed by atoms with Crippen molar-refractivity contribution in [2.75, 3.05) is 0 Å². The minimum atomic E-state index is 0.126. The highest BCUT2D eigenvalue weighted by Gasteiger charge is 2.36. The maximum absolute atomic E-state index is 4.71. The first-order valence-electron chi connectivity index (χ1n) is 8.47. The highest BCUT2D eigenvalue weighted by atomic mass is 14.7. The van der Waals surface area contributed by atoms with Crippen LogP contribution in [0.25, 0.3) is 11.1 Å². The van der Waals surface area contributed by atoms with E-state index in [9.17, 15) is 0 Å². The molecule has 1 nitrogen and oxygen atoms in total. The Kier molecular flexibility index (Phi) is 4.21. The van der Waals surface area contributed by atoms with Crippen LogP contribution in [-0.4, -0.2) is 4.98 Å². The third kappa shape index (κ3) is 2.88. The lowest BCUT2D eigenvalue weighted by Crippen LogP contribution is -2.28. The van der Waals surface area contributed by atoms with Crippen LogP contribution >= 0.6 is 0 Å². The summed E-state index contributed by atoms with van der Waals surface area (Å²) in [4.78, 5) is 4.71. The number of aryl methyl sites for hydroxylation is 1. The van der Waals surface area contributed by atoms with Crippen molar-refractivity contribution in [2.24, 2.45) is 11.3 Å². The Bertz CT molecular complexity index is 737. The van der Waals surface area contributed by atoms with Crippen molar-refractivity contribution in [1.82, 2.24) is 4.98 Å². The summed E-state index contributed by atoms with van der Waals surface area (Å²) in [6.45, 7) is 9.06. The number of nitrogens with zero attached hydrogens (tertiary/aromatic N) is 1. The van der Waals surface area contributed by atoms with Crippen molar-refractivity contribution in [1.29, 1.82) is 0 Å². The molecule has 0 aliphatic heterocycles. The molecule has 1 heteroatoms. The summed E-state index contributed by atoms with van der Waals surface area (Å²) in [5, 5.41) is 0. The van der Waals surface area contributed by atoms with Crippen molar-refractivity contribution >= 4 is 11.1 Å². The third-order valence-electron chi connectivity index (χ3n) is 5.38. The smallest absolute Gasteiger partial charge is 0.0667 e. The predicted octanol–water partition coefficient (Wildman–Crippen LogP) is 5.92. The van der Waals surface area contributed by atoms with Gasteiger partial charge in [0.25, 0.3) is 0 Å². The first kappa shape index (κ1) is 15.7. The molecule has 1 heterocycles.